The van der Waals surface area contributed by atoms with Crippen LogP contribution in [0.3, 0.4) is 0 Å². The van der Waals surface area contributed by atoms with Gasteiger partial charge >= 0.3 is 0 Å². The van der Waals surface area contributed by atoms with E-state index in [4.69, 9.17) is 11.6 Å². The fourth-order valence-corrected chi connectivity index (χ4v) is 2.92. The smallest absolute Gasteiger partial charge is 0.228 e. The Morgan fingerprint density at radius 3 is 2.84 bits per heavy atom. The molecule has 0 bridgehead atoms. The van der Waals surface area contributed by atoms with Crippen molar-refractivity contribution in [2.75, 3.05) is 11.4 Å². The SMILES string of the molecule is O=C1CC(Br)CN1c1ccc(-n2cncn2)c(Cl)c1. The number of hydrogen-bond donors (Lipinski definition) is 0. The molecule has 1 aliphatic rings. The number of alkyl halides is 1. The first-order valence-corrected chi connectivity index (χ1v) is 7.03. The summed E-state index contributed by atoms with van der Waals surface area (Å²) in [6.07, 6.45) is 3.54. The molecule has 19 heavy (non-hydrogen) atoms. The zero-order valence-corrected chi connectivity index (χ0v) is 12.2. The van der Waals surface area contributed by atoms with Crippen molar-refractivity contribution >= 4 is 39.1 Å². The van der Waals surface area contributed by atoms with Crippen LogP contribution in [0.2, 0.25) is 5.02 Å². The average molecular weight is 342 g/mol. The molecule has 1 saturated heterocycles. The monoisotopic (exact) mass is 340 g/mol. The van der Waals surface area contributed by atoms with Crippen LogP contribution in [0.5, 0.6) is 0 Å². The van der Waals surface area contributed by atoms with Gasteiger partial charge < -0.3 is 4.90 Å². The maximum atomic E-state index is 11.8. The van der Waals surface area contributed by atoms with E-state index in [1.807, 2.05) is 12.1 Å². The van der Waals surface area contributed by atoms with Gasteiger partial charge in [-0.2, -0.15) is 5.10 Å². The van der Waals surface area contributed by atoms with Gasteiger partial charge in [-0.05, 0) is 18.2 Å². The van der Waals surface area contributed by atoms with Crippen molar-refractivity contribution in [3.8, 4) is 5.69 Å². The summed E-state index contributed by atoms with van der Waals surface area (Å²) in [6.45, 7) is 0.665. The summed E-state index contributed by atoms with van der Waals surface area (Å²) in [7, 11) is 0. The first-order chi connectivity index (χ1) is 9.15. The Morgan fingerprint density at radius 2 is 2.26 bits per heavy atom. The summed E-state index contributed by atoms with van der Waals surface area (Å²) in [4.78, 5) is 17.7. The lowest BCUT2D eigenvalue weighted by molar-refractivity contribution is -0.117. The Balaban J connectivity index is 1.94. The minimum absolute atomic E-state index is 0.103. The first kappa shape index (κ1) is 12.6. The molecule has 1 aromatic heterocycles. The third-order valence-electron chi connectivity index (χ3n) is 2.99. The molecule has 98 valence electrons. The van der Waals surface area contributed by atoms with Crippen LogP contribution in [0.25, 0.3) is 5.69 Å². The van der Waals surface area contributed by atoms with E-state index in [2.05, 4.69) is 26.0 Å². The minimum Gasteiger partial charge on any atom is -0.311 e. The Morgan fingerprint density at radius 1 is 1.42 bits per heavy atom. The number of nitrogens with zero attached hydrogens (tertiary/aromatic N) is 4. The van der Waals surface area contributed by atoms with Crippen LogP contribution in [0.4, 0.5) is 5.69 Å². The maximum absolute atomic E-state index is 11.8. The van der Waals surface area contributed by atoms with Gasteiger partial charge in [0.15, 0.2) is 0 Å². The lowest BCUT2D eigenvalue weighted by Gasteiger charge is -2.17. The summed E-state index contributed by atoms with van der Waals surface area (Å²) in [6, 6.07) is 5.48. The quantitative estimate of drug-likeness (QED) is 0.788. The van der Waals surface area contributed by atoms with E-state index in [1.54, 1.807) is 22.0 Å². The zero-order chi connectivity index (χ0) is 13.4. The summed E-state index contributed by atoms with van der Waals surface area (Å²) in [5.41, 5.74) is 1.55. The second-order valence-corrected chi connectivity index (χ2v) is 5.98. The molecule has 0 radical (unpaired) electrons. The van der Waals surface area contributed by atoms with Gasteiger partial charge in [0.25, 0.3) is 0 Å². The number of halogens is 2. The summed E-state index contributed by atoms with van der Waals surface area (Å²) in [5, 5.41) is 4.57. The molecule has 2 aromatic rings. The molecule has 2 heterocycles. The summed E-state index contributed by atoms with van der Waals surface area (Å²) < 4.78 is 1.59. The van der Waals surface area contributed by atoms with E-state index in [9.17, 15) is 4.79 Å². The van der Waals surface area contributed by atoms with Gasteiger partial charge in [0.2, 0.25) is 5.91 Å². The molecule has 1 aromatic carbocycles. The Kier molecular flexibility index (Phi) is 3.28. The summed E-state index contributed by atoms with van der Waals surface area (Å²) in [5.74, 6) is 0.103. The van der Waals surface area contributed by atoms with Crippen molar-refractivity contribution < 1.29 is 4.79 Å². The fourth-order valence-electron chi connectivity index (χ4n) is 2.10. The Hall–Kier alpha value is -1.40. The number of hydrogen-bond acceptors (Lipinski definition) is 3. The second-order valence-electron chi connectivity index (χ2n) is 4.28. The molecular formula is C12H10BrClN4O. The minimum atomic E-state index is 0.103. The van der Waals surface area contributed by atoms with Gasteiger partial charge in [-0.1, -0.05) is 27.5 Å². The molecule has 1 aliphatic heterocycles. The highest BCUT2D eigenvalue weighted by atomic mass is 79.9. The van der Waals surface area contributed by atoms with E-state index >= 15 is 0 Å². The fraction of sp³-hybridized carbons (Fsp3) is 0.250. The molecule has 0 N–H and O–H groups in total. The molecule has 5 nitrogen and oxygen atoms in total. The van der Waals surface area contributed by atoms with Crippen molar-refractivity contribution in [1.82, 2.24) is 14.8 Å². The lowest BCUT2D eigenvalue weighted by atomic mass is 10.2. The normalized spacial score (nSPS) is 19.2. The van der Waals surface area contributed by atoms with Crippen molar-refractivity contribution in [1.29, 1.82) is 0 Å². The van der Waals surface area contributed by atoms with Gasteiger partial charge in [-0.25, -0.2) is 9.67 Å². The summed E-state index contributed by atoms with van der Waals surface area (Å²) >= 11 is 9.71. The predicted molar refractivity (Wildman–Crippen MR) is 76.1 cm³/mol. The standard InChI is InChI=1S/C12H10BrClN4O/c13-8-3-12(19)17(5-8)9-1-2-11(10(14)4-9)18-7-15-6-16-18/h1-2,4,6-8H,3,5H2. The highest BCUT2D eigenvalue weighted by Gasteiger charge is 2.29. The number of rotatable bonds is 2. The van der Waals surface area contributed by atoms with Crippen molar-refractivity contribution in [3.63, 3.8) is 0 Å². The number of benzene rings is 1. The molecule has 0 spiro atoms. The predicted octanol–water partition coefficient (Wildman–Crippen LogP) is 2.42. The van der Waals surface area contributed by atoms with E-state index < -0.39 is 0 Å². The first-order valence-electron chi connectivity index (χ1n) is 5.74. The van der Waals surface area contributed by atoms with Crippen LogP contribution >= 0.6 is 27.5 Å². The molecule has 1 unspecified atom stereocenters. The van der Waals surface area contributed by atoms with Crippen molar-refractivity contribution in [2.45, 2.75) is 11.2 Å². The van der Waals surface area contributed by atoms with Gasteiger partial charge in [-0.15, -0.1) is 0 Å². The van der Waals surface area contributed by atoms with Gasteiger partial charge in [0.1, 0.15) is 12.7 Å². The van der Waals surface area contributed by atoms with Crippen LogP contribution in [-0.2, 0) is 4.79 Å². The zero-order valence-electron chi connectivity index (χ0n) is 9.83. The third kappa shape index (κ3) is 2.37. The van der Waals surface area contributed by atoms with E-state index in [1.165, 1.54) is 6.33 Å². The van der Waals surface area contributed by atoms with E-state index in [0.29, 0.717) is 18.0 Å². The average Bonchev–Trinajstić information content (AvgIpc) is 2.99. The number of carbonyl (C=O) groups excluding carboxylic acids is 1. The lowest BCUT2D eigenvalue weighted by Crippen LogP contribution is -2.24. The Labute approximate surface area is 123 Å². The molecular weight excluding hydrogens is 332 g/mol. The van der Waals surface area contributed by atoms with Crippen LogP contribution in [0, 0.1) is 0 Å². The van der Waals surface area contributed by atoms with Crippen LogP contribution in [0.15, 0.2) is 30.9 Å². The maximum Gasteiger partial charge on any atom is 0.228 e. The molecule has 1 atom stereocenters. The highest BCUT2D eigenvalue weighted by molar-refractivity contribution is 9.09. The second kappa shape index (κ2) is 4.94. The molecule has 7 heteroatoms. The number of amides is 1. The number of aromatic nitrogens is 3. The number of anilines is 1. The van der Waals surface area contributed by atoms with Gasteiger partial charge in [-0.3, -0.25) is 4.79 Å². The van der Waals surface area contributed by atoms with Gasteiger partial charge in [0.05, 0.1) is 10.7 Å². The van der Waals surface area contributed by atoms with Crippen molar-refractivity contribution in [2.24, 2.45) is 0 Å². The van der Waals surface area contributed by atoms with E-state index in [-0.39, 0.29) is 10.7 Å². The molecule has 0 saturated carbocycles. The van der Waals surface area contributed by atoms with Crippen LogP contribution < -0.4 is 4.90 Å². The molecule has 0 aliphatic carbocycles. The highest BCUT2D eigenvalue weighted by Crippen LogP contribution is 2.30. The van der Waals surface area contributed by atoms with Crippen LogP contribution in [-0.4, -0.2) is 32.0 Å². The largest absolute Gasteiger partial charge is 0.311 e. The van der Waals surface area contributed by atoms with E-state index in [0.717, 1.165) is 11.4 Å². The third-order valence-corrected chi connectivity index (χ3v) is 3.90. The number of carbonyl (C=O) groups is 1. The van der Waals surface area contributed by atoms with Gasteiger partial charge in [0, 0.05) is 23.5 Å². The topological polar surface area (TPSA) is 51.0 Å². The molecule has 1 amide bonds. The van der Waals surface area contributed by atoms with Crippen LogP contribution in [0.1, 0.15) is 6.42 Å². The van der Waals surface area contributed by atoms with Crippen molar-refractivity contribution in [3.05, 3.63) is 35.9 Å². The molecule has 1 fully saturated rings. The Bertz CT molecular complexity index is 616. The molecule has 3 rings (SSSR count).